The number of allylic oxidation sites excluding steroid dienone is 1. The Bertz CT molecular complexity index is 1120. The molecule has 53 heavy (non-hydrogen) atoms. The quantitative estimate of drug-likeness (QED) is 0.0309. The molecule has 0 radical (unpaired) electrons. The number of hydrogen-bond donors (Lipinski definition) is 1. The number of fused-ring (bicyclic) bond motifs is 1. The Labute approximate surface area is 323 Å². The van der Waals surface area contributed by atoms with Gasteiger partial charge in [-0.2, -0.15) is 0 Å². The number of hydrogen-bond acceptors (Lipinski definition) is 6. The lowest BCUT2D eigenvalue weighted by atomic mass is 9.65. The standard InChI is InChI=1S/C46H78O7/c1-5-7-9-11-13-15-17-19-21-23-25-27-29-31-33-36-35-38(44(48)49)41-40(39(36)45(50)52-3)37(42(43(41)47)46(51)53-4)34-32-30-28-26-24-22-20-18-16-14-12-10-8-6-2/h35,38-41H,5-34H2,1-4H3,(H,48,49)/t38-,39-,40+,41-/m1/s1. The summed E-state index contributed by atoms with van der Waals surface area (Å²) in [7, 11) is 2.60. The summed E-state index contributed by atoms with van der Waals surface area (Å²) >= 11 is 0. The fourth-order valence-electron chi connectivity index (χ4n) is 8.88. The number of carboxylic acids is 1. The average molecular weight is 743 g/mol. The first-order chi connectivity index (χ1) is 25.8. The molecule has 7 heteroatoms. The van der Waals surface area contributed by atoms with Crippen LogP contribution in [0.5, 0.6) is 0 Å². The van der Waals surface area contributed by atoms with Crippen molar-refractivity contribution in [2.45, 2.75) is 206 Å². The van der Waals surface area contributed by atoms with Gasteiger partial charge in [0.1, 0.15) is 5.57 Å². The molecule has 0 bridgehead atoms. The predicted molar refractivity (Wildman–Crippen MR) is 216 cm³/mol. The third-order valence-corrected chi connectivity index (χ3v) is 11.9. The van der Waals surface area contributed by atoms with Crippen LogP contribution >= 0.6 is 0 Å². The van der Waals surface area contributed by atoms with E-state index in [0.29, 0.717) is 18.4 Å². The SMILES string of the molecule is CCCCCCCCCCCCCCCCC1=C[C@@H](C(=O)O)[C@H]2C(=O)C(C(=O)OC)=C(CCCCCCCCCCCCCCCC)[C@H]2[C@@H]1C(=O)OC. The second kappa shape index (κ2) is 28.9. The molecule has 0 amide bonds. The number of unbranched alkanes of at least 4 members (excludes halogenated alkanes) is 26. The van der Waals surface area contributed by atoms with E-state index >= 15 is 0 Å². The van der Waals surface area contributed by atoms with E-state index in [1.54, 1.807) is 6.08 Å². The van der Waals surface area contributed by atoms with Gasteiger partial charge in [0.15, 0.2) is 5.78 Å². The van der Waals surface area contributed by atoms with E-state index in [4.69, 9.17) is 9.47 Å². The molecule has 0 aromatic carbocycles. The lowest BCUT2D eigenvalue weighted by Crippen LogP contribution is -2.42. The molecule has 0 aromatic heterocycles. The van der Waals surface area contributed by atoms with Crippen molar-refractivity contribution in [2.75, 3.05) is 14.2 Å². The van der Waals surface area contributed by atoms with Crippen LogP contribution < -0.4 is 0 Å². The molecule has 2 aliphatic carbocycles. The number of ketones is 1. The van der Waals surface area contributed by atoms with Crippen molar-refractivity contribution >= 4 is 23.7 Å². The van der Waals surface area contributed by atoms with Gasteiger partial charge in [0.25, 0.3) is 0 Å². The number of rotatable bonds is 33. The second-order valence-electron chi connectivity index (χ2n) is 16.1. The molecule has 0 spiro atoms. The van der Waals surface area contributed by atoms with E-state index in [9.17, 15) is 24.3 Å². The summed E-state index contributed by atoms with van der Waals surface area (Å²) < 4.78 is 10.4. The summed E-state index contributed by atoms with van der Waals surface area (Å²) in [6, 6.07) is 0. The molecule has 0 heterocycles. The van der Waals surface area contributed by atoms with Crippen LogP contribution in [-0.2, 0) is 28.7 Å². The van der Waals surface area contributed by atoms with Crippen LogP contribution in [0.1, 0.15) is 206 Å². The minimum atomic E-state index is -1.10. The fraction of sp³-hybridized carbons (Fsp3) is 0.826. The third kappa shape index (κ3) is 16.9. The first-order valence-electron chi connectivity index (χ1n) is 22.2. The van der Waals surface area contributed by atoms with Gasteiger partial charge in [-0.15, -0.1) is 0 Å². The minimum absolute atomic E-state index is 0.0384. The van der Waals surface area contributed by atoms with Crippen molar-refractivity contribution in [1.82, 2.24) is 0 Å². The van der Waals surface area contributed by atoms with Gasteiger partial charge in [-0.3, -0.25) is 14.4 Å². The lowest BCUT2D eigenvalue weighted by Gasteiger charge is -2.37. The first kappa shape index (κ1) is 46.7. The number of carbonyl (C=O) groups is 4. The Morgan fingerprint density at radius 2 is 0.925 bits per heavy atom. The molecule has 4 atom stereocenters. The predicted octanol–water partition coefficient (Wildman–Crippen LogP) is 12.4. The minimum Gasteiger partial charge on any atom is -0.481 e. The topological polar surface area (TPSA) is 107 Å². The highest BCUT2D eigenvalue weighted by Gasteiger charge is 2.56. The summed E-state index contributed by atoms with van der Waals surface area (Å²) in [5.74, 6) is -6.36. The highest BCUT2D eigenvalue weighted by atomic mass is 16.5. The fourth-order valence-corrected chi connectivity index (χ4v) is 8.88. The van der Waals surface area contributed by atoms with E-state index in [0.717, 1.165) is 50.5 Å². The molecule has 304 valence electrons. The largest absolute Gasteiger partial charge is 0.481 e. The highest BCUT2D eigenvalue weighted by molar-refractivity contribution is 6.22. The lowest BCUT2D eigenvalue weighted by molar-refractivity contribution is -0.151. The Morgan fingerprint density at radius 3 is 1.28 bits per heavy atom. The van der Waals surface area contributed by atoms with Gasteiger partial charge in [-0.25, -0.2) is 4.79 Å². The maximum atomic E-state index is 13.9. The van der Waals surface area contributed by atoms with Gasteiger partial charge in [-0.05, 0) is 31.3 Å². The summed E-state index contributed by atoms with van der Waals surface area (Å²) in [6.07, 6.45) is 37.2. The van der Waals surface area contributed by atoms with Crippen LogP contribution in [-0.4, -0.2) is 43.0 Å². The number of carboxylic acid groups (broad SMARTS) is 1. The first-order valence-corrected chi connectivity index (χ1v) is 22.2. The molecular weight excluding hydrogens is 664 g/mol. The van der Waals surface area contributed by atoms with Gasteiger partial charge < -0.3 is 14.6 Å². The Kier molecular flexibility index (Phi) is 25.5. The number of ether oxygens (including phenoxy) is 2. The normalized spacial score (nSPS) is 19.7. The summed E-state index contributed by atoms with van der Waals surface area (Å²) in [4.78, 5) is 53.1. The van der Waals surface area contributed by atoms with Crippen molar-refractivity contribution in [2.24, 2.45) is 23.7 Å². The molecular formula is C46H78O7. The Hall–Kier alpha value is -2.44. The van der Waals surface area contributed by atoms with E-state index in [-0.39, 0.29) is 5.57 Å². The molecule has 0 aromatic rings. The number of aliphatic carboxylic acids is 1. The second-order valence-corrected chi connectivity index (χ2v) is 16.1. The van der Waals surface area contributed by atoms with Gasteiger partial charge in [0, 0.05) is 11.8 Å². The zero-order chi connectivity index (χ0) is 38.7. The molecule has 2 rings (SSSR count). The van der Waals surface area contributed by atoms with E-state index < -0.39 is 47.4 Å². The smallest absolute Gasteiger partial charge is 0.341 e. The molecule has 1 N–H and O–H groups in total. The Morgan fingerprint density at radius 1 is 0.547 bits per heavy atom. The van der Waals surface area contributed by atoms with Crippen molar-refractivity contribution in [3.8, 4) is 0 Å². The molecule has 0 unspecified atom stereocenters. The molecule has 2 aliphatic rings. The van der Waals surface area contributed by atoms with Crippen LogP contribution in [0.2, 0.25) is 0 Å². The summed E-state index contributed by atoms with van der Waals surface area (Å²) in [5.41, 5.74) is 1.30. The van der Waals surface area contributed by atoms with E-state index in [2.05, 4.69) is 13.8 Å². The van der Waals surface area contributed by atoms with Gasteiger partial charge in [0.2, 0.25) is 0 Å². The van der Waals surface area contributed by atoms with Crippen LogP contribution in [0.25, 0.3) is 0 Å². The third-order valence-electron chi connectivity index (χ3n) is 11.9. The zero-order valence-electron chi connectivity index (χ0n) is 34.5. The highest BCUT2D eigenvalue weighted by Crippen LogP contribution is 2.52. The molecule has 0 saturated heterocycles. The molecule has 0 saturated carbocycles. The van der Waals surface area contributed by atoms with Crippen LogP contribution in [0, 0.1) is 23.7 Å². The molecule has 0 aliphatic heterocycles. The van der Waals surface area contributed by atoms with Crippen molar-refractivity contribution in [1.29, 1.82) is 0 Å². The van der Waals surface area contributed by atoms with E-state index in [1.807, 2.05) is 0 Å². The number of methoxy groups -OCH3 is 2. The van der Waals surface area contributed by atoms with Gasteiger partial charge >= 0.3 is 17.9 Å². The van der Waals surface area contributed by atoms with Gasteiger partial charge in [0.05, 0.1) is 26.1 Å². The van der Waals surface area contributed by atoms with Crippen LogP contribution in [0.4, 0.5) is 0 Å². The van der Waals surface area contributed by atoms with Crippen molar-refractivity contribution in [3.63, 3.8) is 0 Å². The average Bonchev–Trinajstić information content (AvgIpc) is 3.44. The van der Waals surface area contributed by atoms with Crippen LogP contribution in [0.3, 0.4) is 0 Å². The van der Waals surface area contributed by atoms with Gasteiger partial charge in [-0.1, -0.05) is 192 Å². The molecule has 0 fully saturated rings. The number of Topliss-reactive ketones (excluding diaryl/α,β-unsaturated/α-hetero) is 1. The maximum absolute atomic E-state index is 13.9. The zero-order valence-corrected chi connectivity index (χ0v) is 34.5. The van der Waals surface area contributed by atoms with Crippen molar-refractivity contribution in [3.05, 3.63) is 22.8 Å². The Balaban J connectivity index is 1.93. The van der Waals surface area contributed by atoms with Crippen LogP contribution in [0.15, 0.2) is 22.8 Å². The molecule has 7 nitrogen and oxygen atoms in total. The summed E-state index contributed by atoms with van der Waals surface area (Å²) in [5, 5.41) is 10.3. The van der Waals surface area contributed by atoms with Crippen molar-refractivity contribution < 1.29 is 33.8 Å². The number of carbonyl (C=O) groups excluding carboxylic acids is 3. The maximum Gasteiger partial charge on any atom is 0.341 e. The monoisotopic (exact) mass is 743 g/mol. The summed E-state index contributed by atoms with van der Waals surface area (Å²) in [6.45, 7) is 4.51. The van der Waals surface area contributed by atoms with E-state index in [1.165, 1.54) is 149 Å². The number of esters is 2.